The van der Waals surface area contributed by atoms with Crippen LogP contribution in [-0.4, -0.2) is 21.8 Å². The Kier molecular flexibility index (Phi) is 6.61. The van der Waals surface area contributed by atoms with E-state index < -0.39 is 72.8 Å². The van der Waals surface area contributed by atoms with Crippen LogP contribution in [0.15, 0.2) is 24.3 Å². The number of nitro benzene ring substituents is 2. The summed E-state index contributed by atoms with van der Waals surface area (Å²) in [6.07, 6.45) is -1.19. The molecule has 0 amide bonds. The number of nitrogens with zero attached hydrogens (tertiary/aromatic N) is 2. The second-order valence-electron chi connectivity index (χ2n) is 5.11. The second-order valence-corrected chi connectivity index (χ2v) is 5.92. The van der Waals surface area contributed by atoms with E-state index in [1.807, 2.05) is 0 Å². The molecule has 0 saturated heterocycles. The molecule has 29 heavy (non-hydrogen) atoms. The fourth-order valence-electron chi connectivity index (χ4n) is 1.92. The fourth-order valence-corrected chi connectivity index (χ4v) is 2.24. The van der Waals surface area contributed by atoms with Crippen LogP contribution in [0, 0.1) is 31.9 Å². The van der Waals surface area contributed by atoms with Gasteiger partial charge in [-0.15, -0.1) is 0 Å². The molecule has 2 aromatic carbocycles. The zero-order valence-corrected chi connectivity index (χ0v) is 15.2. The van der Waals surface area contributed by atoms with E-state index in [0.29, 0.717) is 24.3 Å². The van der Waals surface area contributed by atoms with Gasteiger partial charge in [0.1, 0.15) is 18.1 Å². The van der Waals surface area contributed by atoms with Crippen molar-refractivity contribution in [2.45, 2.75) is 6.42 Å². The summed E-state index contributed by atoms with van der Waals surface area (Å²) in [4.78, 5) is 43.4. The highest BCUT2D eigenvalue weighted by molar-refractivity contribution is 6.31. The van der Waals surface area contributed by atoms with Crippen LogP contribution in [0.2, 0.25) is 10.0 Å². The van der Waals surface area contributed by atoms with Crippen molar-refractivity contribution in [2.24, 2.45) is 0 Å². The summed E-state index contributed by atoms with van der Waals surface area (Å²) < 4.78 is 36.1. The minimum absolute atomic E-state index is 0.461. The maximum absolute atomic E-state index is 13.5. The Hall–Kier alpha value is -3.38. The van der Waals surface area contributed by atoms with Crippen molar-refractivity contribution in [2.75, 3.05) is 0 Å². The highest BCUT2D eigenvalue weighted by atomic mass is 35.5. The number of halogens is 4. The zero-order valence-electron chi connectivity index (χ0n) is 13.7. The smallest absolute Gasteiger partial charge is 0.322 e. The van der Waals surface area contributed by atoms with Gasteiger partial charge in [0.2, 0.25) is 11.5 Å². The molecule has 0 bridgehead atoms. The Morgan fingerprint density at radius 3 is 1.48 bits per heavy atom. The molecule has 0 aliphatic carbocycles. The first kappa shape index (κ1) is 21.9. The van der Waals surface area contributed by atoms with Crippen molar-refractivity contribution >= 4 is 46.5 Å². The Morgan fingerprint density at radius 2 is 1.17 bits per heavy atom. The van der Waals surface area contributed by atoms with Crippen LogP contribution < -0.4 is 9.47 Å². The van der Waals surface area contributed by atoms with Gasteiger partial charge >= 0.3 is 23.3 Å². The van der Waals surface area contributed by atoms with Crippen LogP contribution in [-0.2, 0) is 9.59 Å². The molecule has 0 atom stereocenters. The zero-order chi connectivity index (χ0) is 21.9. The lowest BCUT2D eigenvalue weighted by Gasteiger charge is -2.07. The normalized spacial score (nSPS) is 10.3. The molecule has 0 unspecified atom stereocenters. The molecule has 2 aromatic rings. The van der Waals surface area contributed by atoms with E-state index >= 15 is 0 Å². The molecule has 0 fully saturated rings. The molecule has 0 aliphatic heterocycles. The van der Waals surface area contributed by atoms with Crippen LogP contribution in [0.5, 0.6) is 11.5 Å². The average Bonchev–Trinajstić information content (AvgIpc) is 2.60. The van der Waals surface area contributed by atoms with E-state index in [0.717, 1.165) is 0 Å². The van der Waals surface area contributed by atoms with Crippen molar-refractivity contribution in [1.82, 2.24) is 0 Å². The number of rotatable bonds is 6. The first-order valence-electron chi connectivity index (χ1n) is 7.17. The molecule has 0 aliphatic rings. The van der Waals surface area contributed by atoms with Crippen LogP contribution in [0.4, 0.5) is 20.2 Å². The van der Waals surface area contributed by atoms with Gasteiger partial charge in [0.25, 0.3) is 0 Å². The van der Waals surface area contributed by atoms with Crippen LogP contribution >= 0.6 is 23.2 Å². The molecule has 0 saturated carbocycles. The molecule has 0 aromatic heterocycles. The average molecular weight is 451 g/mol. The van der Waals surface area contributed by atoms with Crippen molar-refractivity contribution < 1.29 is 37.7 Å². The van der Waals surface area contributed by atoms with Gasteiger partial charge in [0.05, 0.1) is 19.9 Å². The number of hydrogen-bond donors (Lipinski definition) is 0. The quantitative estimate of drug-likeness (QED) is 0.211. The van der Waals surface area contributed by atoms with Crippen LogP contribution in [0.25, 0.3) is 0 Å². The summed E-state index contributed by atoms with van der Waals surface area (Å²) in [7, 11) is 0. The van der Waals surface area contributed by atoms with Gasteiger partial charge in [-0.2, -0.15) is 0 Å². The van der Waals surface area contributed by atoms with E-state index in [1.54, 1.807) is 0 Å². The summed E-state index contributed by atoms with van der Waals surface area (Å²) in [6, 6.07) is 2.11. The van der Waals surface area contributed by atoms with Gasteiger partial charge in [-0.3, -0.25) is 29.8 Å². The van der Waals surface area contributed by atoms with Gasteiger partial charge in [0, 0.05) is 24.3 Å². The molecule has 0 radical (unpaired) electrons. The molecule has 0 N–H and O–H groups in total. The summed E-state index contributed by atoms with van der Waals surface area (Å²) in [5.74, 6) is -6.77. The van der Waals surface area contributed by atoms with Crippen molar-refractivity contribution in [3.8, 4) is 11.5 Å². The van der Waals surface area contributed by atoms with Gasteiger partial charge in [0.15, 0.2) is 0 Å². The van der Waals surface area contributed by atoms with E-state index in [4.69, 9.17) is 23.2 Å². The number of nitro groups is 2. The third-order valence-corrected chi connectivity index (χ3v) is 3.71. The van der Waals surface area contributed by atoms with Crippen molar-refractivity contribution in [3.05, 3.63) is 66.2 Å². The molecule has 2 rings (SSSR count). The molecule has 0 spiro atoms. The number of hydrogen-bond acceptors (Lipinski definition) is 8. The molecule has 152 valence electrons. The van der Waals surface area contributed by atoms with Crippen LogP contribution in [0.3, 0.4) is 0 Å². The van der Waals surface area contributed by atoms with Gasteiger partial charge in [-0.1, -0.05) is 23.2 Å². The molecular weight excluding hydrogens is 445 g/mol. The van der Waals surface area contributed by atoms with Gasteiger partial charge < -0.3 is 9.47 Å². The predicted octanol–water partition coefficient (Wildman–Crippen LogP) is 3.99. The van der Waals surface area contributed by atoms with E-state index in [1.165, 1.54) is 0 Å². The third-order valence-electron chi connectivity index (χ3n) is 3.13. The highest BCUT2D eigenvalue weighted by Crippen LogP contribution is 2.34. The SMILES string of the molecule is O=C(CC(=O)Oc1cc(F)c(Cl)cc1[N+](=O)[O-])Oc1cc(F)c(Cl)cc1[N+](=O)[O-]. The summed E-state index contributed by atoms with van der Waals surface area (Å²) in [5, 5.41) is 20.6. The lowest BCUT2D eigenvalue weighted by molar-refractivity contribution is -0.385. The first-order valence-corrected chi connectivity index (χ1v) is 7.93. The highest BCUT2D eigenvalue weighted by Gasteiger charge is 2.25. The molecular formula is C15H6Cl2F2N2O8. The van der Waals surface area contributed by atoms with E-state index in [9.17, 15) is 38.6 Å². The lowest BCUT2D eigenvalue weighted by atomic mass is 10.3. The lowest BCUT2D eigenvalue weighted by Crippen LogP contribution is -2.19. The first-order chi connectivity index (χ1) is 13.5. The standard InChI is InChI=1S/C15H6Cl2F2N2O8/c16-6-1-10(20(24)25)12(3-8(6)18)28-14(22)5-15(23)29-13-4-9(19)7(17)2-11(13)21(26)27/h1-4H,5H2. The minimum Gasteiger partial charge on any atom is -0.419 e. The number of ether oxygens (including phenoxy) is 2. The maximum atomic E-state index is 13.5. The predicted molar refractivity (Wildman–Crippen MR) is 92.0 cm³/mol. The van der Waals surface area contributed by atoms with Crippen molar-refractivity contribution in [3.63, 3.8) is 0 Å². The Labute approximate surface area is 168 Å². The summed E-state index contributed by atoms with van der Waals surface area (Å²) >= 11 is 10.8. The Bertz CT molecular complexity index is 966. The number of carbonyl (C=O) groups is 2. The molecule has 14 heteroatoms. The summed E-state index contributed by atoms with van der Waals surface area (Å²) in [6.45, 7) is 0. The third kappa shape index (κ3) is 5.33. The number of esters is 2. The molecule has 0 heterocycles. The number of carbonyl (C=O) groups excluding carboxylic acids is 2. The topological polar surface area (TPSA) is 139 Å². The minimum atomic E-state index is -1.42. The van der Waals surface area contributed by atoms with E-state index in [-0.39, 0.29) is 0 Å². The second kappa shape index (κ2) is 8.75. The number of benzene rings is 2. The maximum Gasteiger partial charge on any atom is 0.322 e. The summed E-state index contributed by atoms with van der Waals surface area (Å²) in [5.41, 5.74) is -1.71. The van der Waals surface area contributed by atoms with Crippen molar-refractivity contribution in [1.29, 1.82) is 0 Å². The largest absolute Gasteiger partial charge is 0.419 e. The van der Waals surface area contributed by atoms with Gasteiger partial charge in [-0.25, -0.2) is 8.78 Å². The molecule has 10 nitrogen and oxygen atoms in total. The Balaban J connectivity index is 2.16. The fraction of sp³-hybridized carbons (Fsp3) is 0.0667. The van der Waals surface area contributed by atoms with Crippen LogP contribution in [0.1, 0.15) is 6.42 Å². The monoisotopic (exact) mass is 450 g/mol. The Morgan fingerprint density at radius 1 is 0.828 bits per heavy atom. The van der Waals surface area contributed by atoms with Gasteiger partial charge in [-0.05, 0) is 0 Å². The van der Waals surface area contributed by atoms with E-state index in [2.05, 4.69) is 9.47 Å².